The Kier molecular flexibility index (Phi) is 4.81. The first-order valence-corrected chi connectivity index (χ1v) is 9.80. The number of Topliss-reactive ketones (excluding diaryl/α,β-unsaturated/α-hetero) is 1. The predicted octanol–water partition coefficient (Wildman–Crippen LogP) is 4.25. The molecule has 4 rings (SSSR count). The van der Waals surface area contributed by atoms with Gasteiger partial charge < -0.3 is 4.57 Å². The van der Waals surface area contributed by atoms with Crippen LogP contribution in [0, 0.1) is 18.3 Å². The quantitative estimate of drug-likeness (QED) is 0.589. The first kappa shape index (κ1) is 17.9. The Morgan fingerprint density at radius 3 is 2.63 bits per heavy atom. The molecule has 0 radical (unpaired) electrons. The molecule has 3 aromatic rings. The van der Waals surface area contributed by atoms with Crippen molar-refractivity contribution >= 4 is 32.7 Å². The van der Waals surface area contributed by atoms with E-state index < -0.39 is 0 Å². The number of nitrogens with zero attached hydrogens (tertiary/aromatic N) is 4. The molecule has 0 unspecified atom stereocenters. The van der Waals surface area contributed by atoms with Gasteiger partial charge in [-0.1, -0.05) is 0 Å². The smallest absolute Gasteiger partial charge is 0.180 e. The van der Waals surface area contributed by atoms with Crippen molar-refractivity contribution < 1.29 is 4.79 Å². The summed E-state index contributed by atoms with van der Waals surface area (Å²) >= 11 is 3.49. The van der Waals surface area contributed by atoms with Crippen LogP contribution in [0.4, 0.5) is 0 Å². The van der Waals surface area contributed by atoms with Gasteiger partial charge in [-0.3, -0.25) is 14.7 Å². The largest absolute Gasteiger partial charge is 0.311 e. The maximum absolute atomic E-state index is 13.1. The number of aromatic nitrogens is 2. The van der Waals surface area contributed by atoms with E-state index in [1.165, 1.54) is 0 Å². The van der Waals surface area contributed by atoms with E-state index in [1.54, 1.807) is 18.3 Å². The number of likely N-dealkylation sites (tertiary alicyclic amines) is 1. The summed E-state index contributed by atoms with van der Waals surface area (Å²) in [6.45, 7) is 4.37. The van der Waals surface area contributed by atoms with Crippen molar-refractivity contribution in [3.8, 4) is 11.8 Å². The van der Waals surface area contributed by atoms with Crippen molar-refractivity contribution in [3.63, 3.8) is 0 Å². The molecule has 1 fully saturated rings. The molecule has 0 bridgehead atoms. The van der Waals surface area contributed by atoms with Gasteiger partial charge in [-0.25, -0.2) is 0 Å². The predicted molar refractivity (Wildman–Crippen MR) is 108 cm³/mol. The SMILES string of the molecule is Cc1c(C(=O)CN2CCCC2)c2ncc(Br)cc2n1-c1ccc(C#N)cc1. The maximum Gasteiger partial charge on any atom is 0.180 e. The Hall–Kier alpha value is -2.49. The third-order valence-corrected chi connectivity index (χ3v) is 5.54. The minimum absolute atomic E-state index is 0.113. The summed E-state index contributed by atoms with van der Waals surface area (Å²) in [7, 11) is 0. The summed E-state index contributed by atoms with van der Waals surface area (Å²) in [6, 6.07) is 11.5. The molecule has 136 valence electrons. The number of carbonyl (C=O) groups is 1. The average Bonchev–Trinajstić information content (AvgIpc) is 3.26. The van der Waals surface area contributed by atoms with Crippen molar-refractivity contribution in [1.29, 1.82) is 5.26 Å². The fourth-order valence-electron chi connectivity index (χ4n) is 3.83. The third-order valence-electron chi connectivity index (χ3n) is 5.11. The van der Waals surface area contributed by atoms with Gasteiger partial charge >= 0.3 is 0 Å². The number of halogens is 1. The van der Waals surface area contributed by atoms with Crippen molar-refractivity contribution in [3.05, 3.63) is 57.8 Å². The summed E-state index contributed by atoms with van der Waals surface area (Å²) in [6.07, 6.45) is 4.05. The lowest BCUT2D eigenvalue weighted by atomic mass is 10.1. The zero-order chi connectivity index (χ0) is 19.0. The molecule has 27 heavy (non-hydrogen) atoms. The van der Waals surface area contributed by atoms with E-state index in [9.17, 15) is 4.79 Å². The number of rotatable bonds is 4. The lowest BCUT2D eigenvalue weighted by Crippen LogP contribution is -2.27. The Balaban J connectivity index is 1.85. The van der Waals surface area contributed by atoms with E-state index in [4.69, 9.17) is 5.26 Å². The minimum Gasteiger partial charge on any atom is -0.311 e. The average molecular weight is 423 g/mol. The maximum atomic E-state index is 13.1. The van der Waals surface area contributed by atoms with Gasteiger partial charge in [0.1, 0.15) is 0 Å². The molecule has 1 aliphatic heterocycles. The van der Waals surface area contributed by atoms with E-state index in [2.05, 4.69) is 31.9 Å². The van der Waals surface area contributed by atoms with Gasteiger partial charge in [-0.05, 0) is 79.1 Å². The molecule has 0 N–H and O–H groups in total. The lowest BCUT2D eigenvalue weighted by Gasteiger charge is -2.13. The van der Waals surface area contributed by atoms with Crippen LogP contribution < -0.4 is 0 Å². The Labute approximate surface area is 166 Å². The number of ketones is 1. The van der Waals surface area contributed by atoms with Crippen LogP contribution in [0.3, 0.4) is 0 Å². The minimum atomic E-state index is 0.113. The Morgan fingerprint density at radius 1 is 1.26 bits per heavy atom. The molecule has 0 saturated carbocycles. The zero-order valence-electron chi connectivity index (χ0n) is 15.1. The number of carbonyl (C=O) groups excluding carboxylic acids is 1. The summed E-state index contributed by atoms with van der Waals surface area (Å²) in [5, 5.41) is 9.05. The fourth-order valence-corrected chi connectivity index (χ4v) is 4.15. The van der Waals surface area contributed by atoms with Crippen LogP contribution in [0.15, 0.2) is 41.0 Å². The van der Waals surface area contributed by atoms with Crippen molar-refractivity contribution in [2.24, 2.45) is 0 Å². The number of hydrogen-bond acceptors (Lipinski definition) is 4. The van der Waals surface area contributed by atoms with Gasteiger partial charge in [-0.15, -0.1) is 0 Å². The van der Waals surface area contributed by atoms with Crippen molar-refractivity contribution in [2.75, 3.05) is 19.6 Å². The Bertz CT molecular complexity index is 1060. The van der Waals surface area contributed by atoms with Crippen LogP contribution >= 0.6 is 15.9 Å². The van der Waals surface area contributed by atoms with E-state index in [-0.39, 0.29) is 5.78 Å². The number of nitriles is 1. The van der Waals surface area contributed by atoms with E-state index >= 15 is 0 Å². The molecule has 0 amide bonds. The molecular formula is C21H19BrN4O. The summed E-state index contributed by atoms with van der Waals surface area (Å²) < 4.78 is 2.91. The molecule has 2 aromatic heterocycles. The van der Waals surface area contributed by atoms with Crippen LogP contribution in [0.2, 0.25) is 0 Å². The van der Waals surface area contributed by atoms with Gasteiger partial charge in [0.2, 0.25) is 0 Å². The van der Waals surface area contributed by atoms with E-state index in [0.29, 0.717) is 17.7 Å². The van der Waals surface area contributed by atoms with Crippen LogP contribution in [-0.2, 0) is 0 Å². The first-order valence-electron chi connectivity index (χ1n) is 9.01. The normalized spacial score (nSPS) is 14.6. The second-order valence-electron chi connectivity index (χ2n) is 6.88. The van der Waals surface area contributed by atoms with Gasteiger partial charge in [0.15, 0.2) is 5.78 Å². The third kappa shape index (κ3) is 3.29. The highest BCUT2D eigenvalue weighted by molar-refractivity contribution is 9.10. The van der Waals surface area contributed by atoms with Crippen molar-refractivity contribution in [1.82, 2.24) is 14.5 Å². The van der Waals surface area contributed by atoms with Crippen LogP contribution in [0.25, 0.3) is 16.7 Å². The summed E-state index contributed by atoms with van der Waals surface area (Å²) in [5.41, 5.74) is 4.70. The van der Waals surface area contributed by atoms with Gasteiger partial charge in [0, 0.05) is 22.1 Å². The molecule has 0 aliphatic carbocycles. The number of fused-ring (bicyclic) bond motifs is 1. The molecule has 5 nitrogen and oxygen atoms in total. The molecule has 0 spiro atoms. The van der Waals surface area contributed by atoms with Crippen LogP contribution in [-0.4, -0.2) is 39.9 Å². The molecule has 3 heterocycles. The zero-order valence-corrected chi connectivity index (χ0v) is 16.7. The highest BCUT2D eigenvalue weighted by atomic mass is 79.9. The second-order valence-corrected chi connectivity index (χ2v) is 7.80. The monoisotopic (exact) mass is 422 g/mol. The van der Waals surface area contributed by atoms with E-state index in [1.807, 2.05) is 29.7 Å². The van der Waals surface area contributed by atoms with Gasteiger partial charge in [0.05, 0.1) is 34.8 Å². The summed E-state index contributed by atoms with van der Waals surface area (Å²) in [4.78, 5) is 19.9. The Morgan fingerprint density at radius 2 is 1.96 bits per heavy atom. The first-order chi connectivity index (χ1) is 13.1. The lowest BCUT2D eigenvalue weighted by molar-refractivity contribution is 0.0946. The summed E-state index contributed by atoms with van der Waals surface area (Å²) in [5.74, 6) is 0.113. The number of hydrogen-bond donors (Lipinski definition) is 0. The molecule has 1 aliphatic rings. The van der Waals surface area contributed by atoms with Crippen molar-refractivity contribution in [2.45, 2.75) is 19.8 Å². The number of pyridine rings is 1. The molecular weight excluding hydrogens is 404 g/mol. The molecule has 1 aromatic carbocycles. The van der Waals surface area contributed by atoms with Crippen LogP contribution in [0.1, 0.15) is 34.5 Å². The number of benzene rings is 1. The van der Waals surface area contributed by atoms with Gasteiger partial charge in [-0.2, -0.15) is 5.26 Å². The van der Waals surface area contributed by atoms with Crippen LogP contribution in [0.5, 0.6) is 0 Å². The molecule has 0 atom stereocenters. The second kappa shape index (κ2) is 7.26. The van der Waals surface area contributed by atoms with Gasteiger partial charge in [0.25, 0.3) is 0 Å². The van der Waals surface area contributed by atoms with E-state index in [0.717, 1.165) is 52.8 Å². The fraction of sp³-hybridized carbons (Fsp3) is 0.286. The molecule has 6 heteroatoms. The standard InChI is InChI=1S/C21H19BrN4O/c1-14-20(19(27)13-25-8-2-3-9-25)21-18(10-16(22)12-24-21)26(14)17-6-4-15(11-23)5-7-17/h4-7,10,12H,2-3,8-9,13H2,1H3. The highest BCUT2D eigenvalue weighted by Gasteiger charge is 2.24. The topological polar surface area (TPSA) is 61.9 Å². The molecule has 1 saturated heterocycles. The highest BCUT2D eigenvalue weighted by Crippen LogP contribution is 2.30.